The summed E-state index contributed by atoms with van der Waals surface area (Å²) in [4.78, 5) is 11.4. The van der Waals surface area contributed by atoms with Crippen LogP contribution in [0.25, 0.3) is 0 Å². The SMILES string of the molecule is COCC1(CNS(=O)(=O)c2ccc(OC)c(C(N)=O)c2)CCCN1.Cl. The van der Waals surface area contributed by atoms with Crippen LogP contribution in [0.4, 0.5) is 0 Å². The number of primary amides is 1. The highest BCUT2D eigenvalue weighted by Crippen LogP contribution is 2.23. The highest BCUT2D eigenvalue weighted by Gasteiger charge is 2.35. The highest BCUT2D eigenvalue weighted by atomic mass is 35.5. The average Bonchev–Trinajstić information content (AvgIpc) is 3.02. The summed E-state index contributed by atoms with van der Waals surface area (Å²) < 4.78 is 37.9. The number of hydrogen-bond acceptors (Lipinski definition) is 6. The Labute approximate surface area is 153 Å². The summed E-state index contributed by atoms with van der Waals surface area (Å²) in [6.07, 6.45) is 1.78. The summed E-state index contributed by atoms with van der Waals surface area (Å²) in [5.74, 6) is -0.521. The molecule has 0 spiro atoms. The third-order valence-corrected chi connectivity index (χ3v) is 5.50. The lowest BCUT2D eigenvalue weighted by atomic mass is 9.99. The van der Waals surface area contributed by atoms with E-state index in [0.29, 0.717) is 6.61 Å². The third-order valence-electron chi connectivity index (χ3n) is 4.10. The van der Waals surface area contributed by atoms with E-state index in [-0.39, 0.29) is 35.2 Å². The lowest BCUT2D eigenvalue weighted by Crippen LogP contribution is -2.52. The van der Waals surface area contributed by atoms with Gasteiger partial charge in [-0.1, -0.05) is 0 Å². The monoisotopic (exact) mass is 393 g/mol. The van der Waals surface area contributed by atoms with Crippen LogP contribution in [0.15, 0.2) is 23.1 Å². The van der Waals surface area contributed by atoms with Crippen LogP contribution in [0.3, 0.4) is 0 Å². The first kappa shape index (κ1) is 21.7. The van der Waals surface area contributed by atoms with Gasteiger partial charge in [0.25, 0.3) is 5.91 Å². The largest absolute Gasteiger partial charge is 0.496 e. The van der Waals surface area contributed by atoms with E-state index in [1.807, 2.05) is 0 Å². The number of rotatable bonds is 8. The molecule has 1 atom stereocenters. The number of carbonyl (C=O) groups is 1. The van der Waals surface area contributed by atoms with Crippen molar-refractivity contribution in [2.75, 3.05) is 33.9 Å². The van der Waals surface area contributed by atoms with E-state index in [2.05, 4.69) is 10.0 Å². The van der Waals surface area contributed by atoms with Gasteiger partial charge in [-0.25, -0.2) is 13.1 Å². The second-order valence-electron chi connectivity index (χ2n) is 5.79. The van der Waals surface area contributed by atoms with Crippen molar-refractivity contribution in [1.82, 2.24) is 10.0 Å². The van der Waals surface area contributed by atoms with Gasteiger partial charge in [-0.15, -0.1) is 12.4 Å². The number of ether oxygens (including phenoxy) is 2. The summed E-state index contributed by atoms with van der Waals surface area (Å²) in [5.41, 5.74) is 4.88. The van der Waals surface area contributed by atoms with Crippen molar-refractivity contribution in [2.24, 2.45) is 5.73 Å². The smallest absolute Gasteiger partial charge is 0.252 e. The number of amides is 1. The first-order valence-electron chi connectivity index (χ1n) is 7.55. The second-order valence-corrected chi connectivity index (χ2v) is 7.56. The molecule has 0 saturated carbocycles. The molecule has 1 aliphatic heterocycles. The molecule has 142 valence electrons. The minimum Gasteiger partial charge on any atom is -0.496 e. The highest BCUT2D eigenvalue weighted by molar-refractivity contribution is 7.89. The van der Waals surface area contributed by atoms with Gasteiger partial charge in [-0.2, -0.15) is 0 Å². The summed E-state index contributed by atoms with van der Waals surface area (Å²) in [7, 11) is -0.828. The number of carbonyl (C=O) groups excluding carboxylic acids is 1. The fraction of sp³-hybridized carbons (Fsp3) is 0.533. The molecule has 1 unspecified atom stereocenters. The van der Waals surface area contributed by atoms with E-state index >= 15 is 0 Å². The topological polar surface area (TPSA) is 120 Å². The van der Waals surface area contributed by atoms with Gasteiger partial charge in [0, 0.05) is 13.7 Å². The van der Waals surface area contributed by atoms with Crippen LogP contribution in [0.5, 0.6) is 5.75 Å². The molecule has 0 radical (unpaired) electrons. The van der Waals surface area contributed by atoms with Gasteiger partial charge >= 0.3 is 0 Å². The van der Waals surface area contributed by atoms with Crippen molar-refractivity contribution >= 4 is 28.3 Å². The predicted molar refractivity (Wildman–Crippen MR) is 95.8 cm³/mol. The number of benzene rings is 1. The predicted octanol–water partition coefficient (Wildman–Crippen LogP) is 0.263. The number of methoxy groups -OCH3 is 2. The minimum atomic E-state index is -3.79. The fourth-order valence-corrected chi connectivity index (χ4v) is 3.99. The molecular formula is C15H24ClN3O5S. The molecule has 1 heterocycles. The molecule has 8 nitrogen and oxygen atoms in total. The fourth-order valence-electron chi connectivity index (χ4n) is 2.83. The van der Waals surface area contributed by atoms with Crippen molar-refractivity contribution in [3.05, 3.63) is 23.8 Å². The van der Waals surface area contributed by atoms with Crippen LogP contribution in [-0.2, 0) is 14.8 Å². The Morgan fingerprint density at radius 1 is 1.40 bits per heavy atom. The Balaban J connectivity index is 0.00000312. The lowest BCUT2D eigenvalue weighted by molar-refractivity contribution is 0.0997. The number of hydrogen-bond donors (Lipinski definition) is 3. The second kappa shape index (κ2) is 8.81. The van der Waals surface area contributed by atoms with Crippen molar-refractivity contribution in [1.29, 1.82) is 0 Å². The summed E-state index contributed by atoms with van der Waals surface area (Å²) >= 11 is 0. The molecule has 1 fully saturated rings. The van der Waals surface area contributed by atoms with Gasteiger partial charge in [0.05, 0.1) is 29.7 Å². The van der Waals surface area contributed by atoms with E-state index in [1.54, 1.807) is 7.11 Å². The molecule has 0 aromatic heterocycles. The zero-order chi connectivity index (χ0) is 17.8. The van der Waals surface area contributed by atoms with E-state index in [4.69, 9.17) is 15.2 Å². The van der Waals surface area contributed by atoms with E-state index in [1.165, 1.54) is 25.3 Å². The Hall–Kier alpha value is -1.39. The van der Waals surface area contributed by atoms with Gasteiger partial charge in [-0.05, 0) is 37.6 Å². The Morgan fingerprint density at radius 2 is 2.12 bits per heavy atom. The number of nitrogens with two attached hydrogens (primary N) is 1. The van der Waals surface area contributed by atoms with E-state index < -0.39 is 21.5 Å². The molecular weight excluding hydrogens is 370 g/mol. The molecule has 1 amide bonds. The molecule has 10 heteroatoms. The third kappa shape index (κ3) is 5.05. The maximum atomic E-state index is 12.5. The maximum absolute atomic E-state index is 12.5. The van der Waals surface area contributed by atoms with Crippen molar-refractivity contribution in [3.8, 4) is 5.75 Å². The van der Waals surface area contributed by atoms with Crippen LogP contribution >= 0.6 is 12.4 Å². The Kier molecular flexibility index (Phi) is 7.63. The summed E-state index contributed by atoms with van der Waals surface area (Å²) in [5, 5.41) is 3.30. The lowest BCUT2D eigenvalue weighted by Gasteiger charge is -2.28. The van der Waals surface area contributed by atoms with Crippen molar-refractivity contribution in [2.45, 2.75) is 23.3 Å². The Morgan fingerprint density at radius 3 is 2.64 bits per heavy atom. The molecule has 25 heavy (non-hydrogen) atoms. The molecule has 1 saturated heterocycles. The molecule has 0 aliphatic carbocycles. The molecule has 1 aromatic rings. The molecule has 4 N–H and O–H groups in total. The summed E-state index contributed by atoms with van der Waals surface area (Å²) in [6, 6.07) is 4.00. The van der Waals surface area contributed by atoms with Gasteiger partial charge in [0.2, 0.25) is 10.0 Å². The van der Waals surface area contributed by atoms with Crippen LogP contribution in [-0.4, -0.2) is 53.8 Å². The van der Waals surface area contributed by atoms with Crippen LogP contribution in [0.2, 0.25) is 0 Å². The number of nitrogens with one attached hydrogen (secondary N) is 2. The molecule has 0 bridgehead atoms. The maximum Gasteiger partial charge on any atom is 0.252 e. The van der Waals surface area contributed by atoms with Gasteiger partial charge in [0.15, 0.2) is 0 Å². The first-order valence-corrected chi connectivity index (χ1v) is 9.03. The minimum absolute atomic E-state index is 0. The summed E-state index contributed by atoms with van der Waals surface area (Å²) in [6.45, 7) is 1.42. The molecule has 2 rings (SSSR count). The zero-order valence-electron chi connectivity index (χ0n) is 14.2. The van der Waals surface area contributed by atoms with Gasteiger partial charge in [0.1, 0.15) is 5.75 Å². The number of halogens is 1. The van der Waals surface area contributed by atoms with Crippen LogP contribution < -0.4 is 20.5 Å². The van der Waals surface area contributed by atoms with Crippen molar-refractivity contribution in [3.63, 3.8) is 0 Å². The quantitative estimate of drug-likeness (QED) is 0.582. The van der Waals surface area contributed by atoms with E-state index in [9.17, 15) is 13.2 Å². The van der Waals surface area contributed by atoms with Crippen LogP contribution in [0.1, 0.15) is 23.2 Å². The van der Waals surface area contributed by atoms with Crippen LogP contribution in [0, 0.1) is 0 Å². The standard InChI is InChI=1S/C15H23N3O5S.ClH/c1-22-10-15(6-3-7-17-15)9-18-24(20,21)11-4-5-13(23-2)12(8-11)14(16)19;/h4-5,8,17-18H,3,6-7,9-10H2,1-2H3,(H2,16,19);1H. The normalized spacial score (nSPS) is 20.1. The number of sulfonamides is 1. The molecule has 1 aliphatic rings. The van der Waals surface area contributed by atoms with Gasteiger partial charge < -0.3 is 20.5 Å². The van der Waals surface area contributed by atoms with Gasteiger partial charge in [-0.3, -0.25) is 4.79 Å². The molecule has 1 aromatic carbocycles. The van der Waals surface area contributed by atoms with Crippen molar-refractivity contribution < 1.29 is 22.7 Å². The van der Waals surface area contributed by atoms with E-state index in [0.717, 1.165) is 19.4 Å². The average molecular weight is 394 g/mol. The zero-order valence-corrected chi connectivity index (χ0v) is 15.8. The Bertz CT molecular complexity index is 705. The first-order chi connectivity index (χ1) is 11.3.